The van der Waals surface area contributed by atoms with E-state index in [0.717, 1.165) is 11.3 Å². The van der Waals surface area contributed by atoms with E-state index < -0.39 is 11.9 Å². The van der Waals surface area contributed by atoms with Gasteiger partial charge in [-0.1, -0.05) is 35.9 Å². The lowest BCUT2D eigenvalue weighted by atomic mass is 10.1. The van der Waals surface area contributed by atoms with Crippen molar-refractivity contribution < 1.29 is 19.1 Å². The number of nitrogens with one attached hydrogen (secondary N) is 1. The molecule has 3 aromatic carbocycles. The van der Waals surface area contributed by atoms with Gasteiger partial charge in [0.05, 0.1) is 5.56 Å². The molecule has 0 aliphatic rings. The summed E-state index contributed by atoms with van der Waals surface area (Å²) in [5.74, 6) is 0.450. The summed E-state index contributed by atoms with van der Waals surface area (Å²) >= 11 is 0. The van der Waals surface area contributed by atoms with Crippen LogP contribution in [0.5, 0.6) is 11.5 Å². The van der Waals surface area contributed by atoms with Crippen LogP contribution in [-0.4, -0.2) is 18.5 Å². The summed E-state index contributed by atoms with van der Waals surface area (Å²) in [5, 5.41) is 2.68. The second-order valence-corrected chi connectivity index (χ2v) is 5.93. The van der Waals surface area contributed by atoms with Crippen LogP contribution in [0.25, 0.3) is 0 Å². The maximum atomic E-state index is 12.0. The molecule has 136 valence electrons. The number of amides is 1. The van der Waals surface area contributed by atoms with E-state index in [0.29, 0.717) is 17.0 Å². The molecule has 5 heteroatoms. The molecule has 3 rings (SSSR count). The average Bonchev–Trinajstić information content (AvgIpc) is 2.69. The van der Waals surface area contributed by atoms with Crippen LogP contribution in [0.1, 0.15) is 15.9 Å². The van der Waals surface area contributed by atoms with E-state index in [4.69, 9.17) is 9.47 Å². The number of carbonyl (C=O) groups is 2. The predicted molar refractivity (Wildman–Crippen MR) is 103 cm³/mol. The SMILES string of the molecule is Cc1ccc(C(=O)OCC(=O)Nc2ccc(Oc3ccccc3)cc2)cc1. The smallest absolute Gasteiger partial charge is 0.338 e. The highest BCUT2D eigenvalue weighted by Gasteiger charge is 2.10. The van der Waals surface area contributed by atoms with Gasteiger partial charge < -0.3 is 14.8 Å². The van der Waals surface area contributed by atoms with Gasteiger partial charge in [0.2, 0.25) is 0 Å². The molecule has 0 aliphatic carbocycles. The number of hydrogen-bond acceptors (Lipinski definition) is 4. The lowest BCUT2D eigenvalue weighted by molar-refractivity contribution is -0.119. The van der Waals surface area contributed by atoms with Gasteiger partial charge in [-0.25, -0.2) is 4.79 Å². The van der Waals surface area contributed by atoms with Crippen LogP contribution < -0.4 is 10.1 Å². The van der Waals surface area contributed by atoms with Gasteiger partial charge in [-0.3, -0.25) is 4.79 Å². The minimum absolute atomic E-state index is 0.352. The molecule has 0 aliphatic heterocycles. The van der Waals surface area contributed by atoms with Crippen LogP contribution >= 0.6 is 0 Å². The number of para-hydroxylation sites is 1. The Labute approximate surface area is 157 Å². The van der Waals surface area contributed by atoms with Crippen LogP contribution in [0.4, 0.5) is 5.69 Å². The van der Waals surface area contributed by atoms with Gasteiger partial charge in [0.25, 0.3) is 5.91 Å². The van der Waals surface area contributed by atoms with Gasteiger partial charge in [-0.05, 0) is 55.5 Å². The van der Waals surface area contributed by atoms with Crippen LogP contribution in [-0.2, 0) is 9.53 Å². The molecule has 0 atom stereocenters. The summed E-state index contributed by atoms with van der Waals surface area (Å²) in [7, 11) is 0. The molecule has 1 amide bonds. The van der Waals surface area contributed by atoms with Crippen molar-refractivity contribution in [2.75, 3.05) is 11.9 Å². The number of anilines is 1. The van der Waals surface area contributed by atoms with Gasteiger partial charge in [-0.2, -0.15) is 0 Å². The van der Waals surface area contributed by atoms with Crippen molar-refractivity contribution in [2.24, 2.45) is 0 Å². The largest absolute Gasteiger partial charge is 0.457 e. The summed E-state index contributed by atoms with van der Waals surface area (Å²) < 4.78 is 10.7. The van der Waals surface area contributed by atoms with E-state index in [9.17, 15) is 9.59 Å². The highest BCUT2D eigenvalue weighted by molar-refractivity contribution is 5.95. The summed E-state index contributed by atoms with van der Waals surface area (Å²) in [5.41, 5.74) is 2.05. The Kier molecular flexibility index (Phi) is 5.84. The third-order valence-electron chi connectivity index (χ3n) is 3.74. The molecule has 0 bridgehead atoms. The number of ether oxygens (including phenoxy) is 2. The van der Waals surface area contributed by atoms with E-state index in [1.807, 2.05) is 49.4 Å². The molecule has 27 heavy (non-hydrogen) atoms. The van der Waals surface area contributed by atoms with E-state index in [1.54, 1.807) is 36.4 Å². The minimum atomic E-state index is -0.531. The normalized spacial score (nSPS) is 10.1. The Hall–Kier alpha value is -3.60. The summed E-state index contributed by atoms with van der Waals surface area (Å²) in [6.45, 7) is 1.58. The second-order valence-electron chi connectivity index (χ2n) is 5.93. The number of benzene rings is 3. The third kappa shape index (κ3) is 5.44. The van der Waals surface area contributed by atoms with Crippen molar-refractivity contribution in [2.45, 2.75) is 6.92 Å². The van der Waals surface area contributed by atoms with Crippen molar-refractivity contribution >= 4 is 17.6 Å². The Morgan fingerprint density at radius 3 is 2.11 bits per heavy atom. The number of esters is 1. The fourth-order valence-electron chi connectivity index (χ4n) is 2.33. The van der Waals surface area contributed by atoms with Crippen LogP contribution in [0.15, 0.2) is 78.9 Å². The van der Waals surface area contributed by atoms with Crippen LogP contribution in [0, 0.1) is 6.92 Å². The van der Waals surface area contributed by atoms with E-state index in [-0.39, 0.29) is 6.61 Å². The number of aryl methyl sites for hydroxylation is 1. The molecular weight excluding hydrogens is 342 g/mol. The average molecular weight is 361 g/mol. The predicted octanol–water partition coefficient (Wildman–Crippen LogP) is 4.58. The van der Waals surface area contributed by atoms with Crippen molar-refractivity contribution in [3.63, 3.8) is 0 Å². The molecule has 0 aromatic heterocycles. The molecule has 0 saturated heterocycles. The summed E-state index contributed by atoms with van der Waals surface area (Å²) in [4.78, 5) is 23.9. The minimum Gasteiger partial charge on any atom is -0.457 e. The van der Waals surface area contributed by atoms with Crippen molar-refractivity contribution in [1.82, 2.24) is 0 Å². The zero-order chi connectivity index (χ0) is 19.1. The monoisotopic (exact) mass is 361 g/mol. The fourth-order valence-corrected chi connectivity index (χ4v) is 2.33. The van der Waals surface area contributed by atoms with E-state index in [1.165, 1.54) is 0 Å². The van der Waals surface area contributed by atoms with E-state index in [2.05, 4.69) is 5.32 Å². The Morgan fingerprint density at radius 1 is 0.815 bits per heavy atom. The topological polar surface area (TPSA) is 64.6 Å². The molecule has 3 aromatic rings. The first kappa shape index (κ1) is 18.2. The van der Waals surface area contributed by atoms with Gasteiger partial charge >= 0.3 is 5.97 Å². The Morgan fingerprint density at radius 2 is 1.44 bits per heavy atom. The molecule has 0 radical (unpaired) electrons. The van der Waals surface area contributed by atoms with Crippen molar-refractivity contribution in [3.8, 4) is 11.5 Å². The quantitative estimate of drug-likeness (QED) is 0.653. The van der Waals surface area contributed by atoms with Crippen LogP contribution in [0.2, 0.25) is 0 Å². The van der Waals surface area contributed by atoms with Crippen molar-refractivity contribution in [1.29, 1.82) is 0 Å². The third-order valence-corrected chi connectivity index (χ3v) is 3.74. The van der Waals surface area contributed by atoms with Crippen molar-refractivity contribution in [3.05, 3.63) is 90.0 Å². The molecule has 0 saturated carbocycles. The highest BCUT2D eigenvalue weighted by Crippen LogP contribution is 2.22. The first-order chi connectivity index (χ1) is 13.1. The molecular formula is C22H19NO4. The molecule has 0 fully saturated rings. The highest BCUT2D eigenvalue weighted by atomic mass is 16.5. The Balaban J connectivity index is 1.49. The zero-order valence-corrected chi connectivity index (χ0v) is 14.8. The molecule has 0 unspecified atom stereocenters. The zero-order valence-electron chi connectivity index (χ0n) is 14.8. The standard InChI is InChI=1S/C22H19NO4/c1-16-7-9-17(10-8-16)22(25)26-15-21(24)23-18-11-13-20(14-12-18)27-19-5-3-2-4-6-19/h2-14H,15H2,1H3,(H,23,24). The number of hydrogen-bond donors (Lipinski definition) is 1. The maximum Gasteiger partial charge on any atom is 0.338 e. The lowest BCUT2D eigenvalue weighted by Gasteiger charge is -2.09. The first-order valence-corrected chi connectivity index (χ1v) is 8.47. The number of carbonyl (C=O) groups excluding carboxylic acids is 2. The molecule has 0 spiro atoms. The molecule has 0 heterocycles. The van der Waals surface area contributed by atoms with Gasteiger partial charge in [-0.15, -0.1) is 0 Å². The van der Waals surface area contributed by atoms with Gasteiger partial charge in [0.1, 0.15) is 11.5 Å². The summed E-state index contributed by atoms with van der Waals surface area (Å²) in [6, 6.07) is 23.3. The van der Waals surface area contributed by atoms with Crippen LogP contribution in [0.3, 0.4) is 0 Å². The Bertz CT molecular complexity index is 903. The molecule has 5 nitrogen and oxygen atoms in total. The van der Waals surface area contributed by atoms with Gasteiger partial charge in [0.15, 0.2) is 6.61 Å². The van der Waals surface area contributed by atoms with Gasteiger partial charge in [0, 0.05) is 5.69 Å². The number of rotatable bonds is 6. The fraction of sp³-hybridized carbons (Fsp3) is 0.0909. The molecule has 1 N–H and O–H groups in total. The lowest BCUT2D eigenvalue weighted by Crippen LogP contribution is -2.20. The summed E-state index contributed by atoms with van der Waals surface area (Å²) in [6.07, 6.45) is 0. The van der Waals surface area contributed by atoms with E-state index >= 15 is 0 Å². The first-order valence-electron chi connectivity index (χ1n) is 8.47. The second kappa shape index (κ2) is 8.67. The maximum absolute atomic E-state index is 12.0.